The third-order valence-electron chi connectivity index (χ3n) is 0. The zero-order valence-corrected chi connectivity index (χ0v) is 4.90. The van der Waals surface area contributed by atoms with Crippen LogP contribution in [0.4, 0.5) is 0 Å². The molecule has 0 aliphatic heterocycles. The average molecular weight is 116 g/mol. The summed E-state index contributed by atoms with van der Waals surface area (Å²) in [6, 6.07) is 0. The standard InChI is InChI=1S/Co.Li.O.H3P/h;;;1H3. The minimum absolute atomic E-state index is 0. The fraction of sp³-hybridized carbons (Fsp3) is 0. The van der Waals surface area contributed by atoms with E-state index in [1.165, 1.54) is 0 Å². The van der Waals surface area contributed by atoms with Crippen LogP contribution < -0.4 is 0 Å². The van der Waals surface area contributed by atoms with Crippen molar-refractivity contribution in [3.8, 4) is 0 Å². The van der Waals surface area contributed by atoms with Crippen LogP contribution in [-0.4, -0.2) is 18.9 Å². The Hall–Kier alpha value is 1.33. The Labute approximate surface area is 48.5 Å². The Morgan fingerprint density at radius 1 is 1.25 bits per heavy atom. The number of hydrogen-bond acceptors (Lipinski definition) is 1. The molecule has 0 aromatic carbocycles. The molecule has 1 unspecified atom stereocenters. The maximum absolute atomic E-state index is 7.94. The van der Waals surface area contributed by atoms with Gasteiger partial charge in [-0.3, -0.25) is 0 Å². The summed E-state index contributed by atoms with van der Waals surface area (Å²) in [5, 5.41) is 0. The van der Waals surface area contributed by atoms with Crippen LogP contribution in [0.15, 0.2) is 0 Å². The number of hydrogen-bond donors (Lipinski definition) is 0. The van der Waals surface area contributed by atoms with E-state index in [1.54, 1.807) is 0 Å². The van der Waals surface area contributed by atoms with E-state index < -0.39 is 0 Å². The molecule has 0 aromatic heterocycles. The molecule has 1 nitrogen and oxygen atoms in total. The van der Waals surface area contributed by atoms with E-state index in [1.807, 2.05) is 0 Å². The van der Waals surface area contributed by atoms with E-state index in [0.717, 1.165) is 0 Å². The van der Waals surface area contributed by atoms with Crippen molar-refractivity contribution < 1.29 is 19.5 Å². The molecule has 4 heavy (non-hydrogen) atoms. The first-order valence-electron chi connectivity index (χ1n) is 0.136. The third-order valence-corrected chi connectivity index (χ3v) is 0. The molecular weight excluding hydrogens is 113 g/mol. The van der Waals surface area contributed by atoms with E-state index >= 15 is 0 Å². The molecule has 0 rings (SSSR count). The molecular formula is H3CoLiOP. The van der Waals surface area contributed by atoms with E-state index in [0.29, 0.717) is 0 Å². The molecule has 0 N–H and O–H groups in total. The number of rotatable bonds is 0. The SMILES string of the molecule is P.[Li].[O]=[Co]. The first-order chi connectivity index (χ1) is 1.00. The zero-order chi connectivity index (χ0) is 2.00. The van der Waals surface area contributed by atoms with Gasteiger partial charge in [0.2, 0.25) is 0 Å². The Morgan fingerprint density at radius 3 is 1.25 bits per heavy atom. The van der Waals surface area contributed by atoms with Crippen molar-refractivity contribution in [3.05, 3.63) is 0 Å². The Morgan fingerprint density at radius 2 is 1.25 bits per heavy atom. The van der Waals surface area contributed by atoms with Crippen molar-refractivity contribution in [2.45, 2.75) is 0 Å². The van der Waals surface area contributed by atoms with E-state index in [9.17, 15) is 0 Å². The summed E-state index contributed by atoms with van der Waals surface area (Å²) >= 11 is 2.31. The van der Waals surface area contributed by atoms with Gasteiger partial charge in [-0.05, 0) is 0 Å². The molecule has 0 aromatic rings. The predicted molar refractivity (Wildman–Crippen MR) is 17.5 cm³/mol. The van der Waals surface area contributed by atoms with Crippen LogP contribution in [0.5, 0.6) is 0 Å². The summed E-state index contributed by atoms with van der Waals surface area (Å²) < 4.78 is 7.94. The van der Waals surface area contributed by atoms with Crippen LogP contribution in [0.25, 0.3) is 0 Å². The summed E-state index contributed by atoms with van der Waals surface area (Å²) in [6.45, 7) is 0. The van der Waals surface area contributed by atoms with Gasteiger partial charge in [0.1, 0.15) is 0 Å². The second kappa shape index (κ2) is 27.1. The van der Waals surface area contributed by atoms with E-state index in [4.69, 9.17) is 3.87 Å². The van der Waals surface area contributed by atoms with Crippen LogP contribution in [0, 0.1) is 0 Å². The van der Waals surface area contributed by atoms with Gasteiger partial charge in [0, 0.05) is 18.9 Å². The molecule has 0 fully saturated rings. The zero-order valence-electron chi connectivity index (χ0n) is 2.45. The second-order valence-corrected chi connectivity index (χ2v) is 0. The first kappa shape index (κ1) is 18.4. The Bertz CT molecular complexity index is 8.00. The topological polar surface area (TPSA) is 17.1 Å². The molecule has 4 heteroatoms. The third kappa shape index (κ3) is 10.2. The quantitative estimate of drug-likeness (QED) is 0.309. The Kier molecular flexibility index (Phi) is 124. The fourth-order valence-electron chi connectivity index (χ4n) is 0. The van der Waals surface area contributed by atoms with Gasteiger partial charge in [-0.1, -0.05) is 0 Å². The molecule has 1 atom stereocenters. The van der Waals surface area contributed by atoms with Gasteiger partial charge < -0.3 is 0 Å². The molecule has 0 aliphatic rings. The molecule has 0 heterocycles. The van der Waals surface area contributed by atoms with Gasteiger partial charge in [0.15, 0.2) is 0 Å². The molecule has 0 bridgehead atoms. The van der Waals surface area contributed by atoms with Crippen molar-refractivity contribution in [2.24, 2.45) is 0 Å². The molecule has 1 radical (unpaired) electrons. The van der Waals surface area contributed by atoms with Gasteiger partial charge in [0.05, 0.1) is 0 Å². The summed E-state index contributed by atoms with van der Waals surface area (Å²) in [6.07, 6.45) is 0. The summed E-state index contributed by atoms with van der Waals surface area (Å²) in [7, 11) is 0. The molecule has 0 saturated heterocycles. The van der Waals surface area contributed by atoms with Crippen molar-refractivity contribution in [3.63, 3.8) is 0 Å². The first-order valence-corrected chi connectivity index (χ1v) is 0.561. The summed E-state index contributed by atoms with van der Waals surface area (Å²) in [4.78, 5) is 0. The van der Waals surface area contributed by atoms with Crippen molar-refractivity contribution in [1.29, 1.82) is 0 Å². The molecule has 24 valence electrons. The summed E-state index contributed by atoms with van der Waals surface area (Å²) in [5.41, 5.74) is 0. The monoisotopic (exact) mass is 116 g/mol. The van der Waals surface area contributed by atoms with Gasteiger partial charge >= 0.3 is 19.5 Å². The van der Waals surface area contributed by atoms with Crippen LogP contribution in [0.2, 0.25) is 0 Å². The fourth-order valence-corrected chi connectivity index (χ4v) is 0. The average Bonchev–Trinajstić information content (AvgIpc) is 1.00. The molecule has 0 amide bonds. The second-order valence-electron chi connectivity index (χ2n) is 0. The van der Waals surface area contributed by atoms with Crippen LogP contribution in [0.1, 0.15) is 0 Å². The minimum atomic E-state index is 0. The normalized spacial score (nSPS) is 1.25. The van der Waals surface area contributed by atoms with Crippen molar-refractivity contribution in [1.82, 2.24) is 0 Å². The Balaban J connectivity index is -0.00000000500. The summed E-state index contributed by atoms with van der Waals surface area (Å²) in [5.74, 6) is 0. The van der Waals surface area contributed by atoms with Crippen molar-refractivity contribution in [2.75, 3.05) is 0 Å². The van der Waals surface area contributed by atoms with Gasteiger partial charge in [-0.2, -0.15) is 9.90 Å². The van der Waals surface area contributed by atoms with Gasteiger partial charge in [-0.25, -0.2) is 0 Å². The van der Waals surface area contributed by atoms with Crippen molar-refractivity contribution >= 4 is 28.8 Å². The van der Waals surface area contributed by atoms with E-state index in [-0.39, 0.29) is 28.8 Å². The molecule has 0 aliphatic carbocycles. The van der Waals surface area contributed by atoms with Gasteiger partial charge in [0.25, 0.3) is 0 Å². The van der Waals surface area contributed by atoms with Crippen LogP contribution >= 0.6 is 9.90 Å². The maximum atomic E-state index is 7.94. The molecule has 0 spiro atoms. The van der Waals surface area contributed by atoms with Crippen LogP contribution in [0.3, 0.4) is 0 Å². The van der Waals surface area contributed by atoms with Crippen LogP contribution in [-0.2, 0) is 19.5 Å². The van der Waals surface area contributed by atoms with E-state index in [2.05, 4.69) is 15.7 Å². The molecule has 0 saturated carbocycles. The van der Waals surface area contributed by atoms with Gasteiger partial charge in [-0.15, -0.1) is 0 Å². The predicted octanol–water partition coefficient (Wildman–Crippen LogP) is -0.444.